The van der Waals surface area contributed by atoms with Crippen LogP contribution in [0.4, 0.5) is 0 Å². The number of allylic oxidation sites excluding steroid dienone is 2. The minimum absolute atomic E-state index is 0.0249. The fourth-order valence-electron chi connectivity index (χ4n) is 3.42. The number of aromatic nitrogens is 1. The van der Waals surface area contributed by atoms with Crippen molar-refractivity contribution in [1.29, 1.82) is 0 Å². The lowest BCUT2D eigenvalue weighted by molar-refractivity contribution is -0.140. The van der Waals surface area contributed by atoms with Gasteiger partial charge in [0, 0.05) is 12.4 Å². The number of imide groups is 1. The van der Waals surface area contributed by atoms with Gasteiger partial charge < -0.3 is 0 Å². The fourth-order valence-corrected chi connectivity index (χ4v) is 3.42. The first-order valence-corrected chi connectivity index (χ1v) is 6.99. The Kier molecular flexibility index (Phi) is 3.16. The molecule has 0 spiro atoms. The maximum Gasteiger partial charge on any atom is 0.234 e. The molecule has 0 unspecified atom stereocenters. The standard InChI is InChI=1S/C16H18N2O2/c1-10-6-11(2)14-13(7-10)15(19)18(16(14)20)9-12-4-3-5-17-8-12/h3-6,8,11,13-14H,7,9H2,1-2H3/t11-,13+,14+/m0/s1. The number of hydrogen-bond donors (Lipinski definition) is 0. The number of hydrogen-bond acceptors (Lipinski definition) is 3. The molecule has 3 rings (SSSR count). The number of carbonyl (C=O) groups excluding carboxylic acids is 2. The van der Waals surface area contributed by atoms with E-state index in [-0.39, 0.29) is 29.6 Å². The lowest BCUT2D eigenvalue weighted by Gasteiger charge is -2.25. The summed E-state index contributed by atoms with van der Waals surface area (Å²) in [7, 11) is 0. The third-order valence-electron chi connectivity index (χ3n) is 4.29. The van der Waals surface area contributed by atoms with E-state index in [1.807, 2.05) is 26.0 Å². The molecular weight excluding hydrogens is 252 g/mol. The van der Waals surface area contributed by atoms with E-state index >= 15 is 0 Å². The molecule has 104 valence electrons. The van der Waals surface area contributed by atoms with Crippen LogP contribution < -0.4 is 0 Å². The Morgan fingerprint density at radius 2 is 2.15 bits per heavy atom. The molecule has 3 atom stereocenters. The Hall–Kier alpha value is -1.97. The lowest BCUT2D eigenvalue weighted by Crippen LogP contribution is -2.31. The van der Waals surface area contributed by atoms with Gasteiger partial charge in [-0.15, -0.1) is 0 Å². The highest BCUT2D eigenvalue weighted by atomic mass is 16.2. The normalized spacial score (nSPS) is 29.4. The van der Waals surface area contributed by atoms with Crippen LogP contribution in [-0.2, 0) is 16.1 Å². The molecule has 4 heteroatoms. The highest BCUT2D eigenvalue weighted by molar-refractivity contribution is 6.05. The molecule has 0 saturated carbocycles. The number of likely N-dealkylation sites (tertiary alicyclic amines) is 1. The van der Waals surface area contributed by atoms with Gasteiger partial charge >= 0.3 is 0 Å². The van der Waals surface area contributed by atoms with Crippen LogP contribution in [0.2, 0.25) is 0 Å². The number of carbonyl (C=O) groups is 2. The van der Waals surface area contributed by atoms with E-state index in [2.05, 4.69) is 11.1 Å². The second kappa shape index (κ2) is 4.85. The number of nitrogens with zero attached hydrogens (tertiary/aromatic N) is 2. The van der Waals surface area contributed by atoms with Crippen molar-refractivity contribution in [2.75, 3.05) is 0 Å². The summed E-state index contributed by atoms with van der Waals surface area (Å²) in [6, 6.07) is 3.71. The van der Waals surface area contributed by atoms with Crippen LogP contribution in [0.3, 0.4) is 0 Å². The van der Waals surface area contributed by atoms with Crippen LogP contribution in [0.25, 0.3) is 0 Å². The molecule has 1 aliphatic carbocycles. The van der Waals surface area contributed by atoms with E-state index in [1.165, 1.54) is 10.5 Å². The van der Waals surface area contributed by atoms with E-state index in [4.69, 9.17) is 0 Å². The van der Waals surface area contributed by atoms with Crippen LogP contribution >= 0.6 is 0 Å². The zero-order valence-corrected chi connectivity index (χ0v) is 11.7. The van der Waals surface area contributed by atoms with Crippen molar-refractivity contribution >= 4 is 11.8 Å². The molecule has 1 aromatic rings. The molecule has 0 N–H and O–H groups in total. The summed E-state index contributed by atoms with van der Waals surface area (Å²) in [4.78, 5) is 30.5. The highest BCUT2D eigenvalue weighted by Gasteiger charge is 2.50. The minimum Gasteiger partial charge on any atom is -0.278 e. The zero-order chi connectivity index (χ0) is 14.3. The van der Waals surface area contributed by atoms with Crippen LogP contribution in [0.5, 0.6) is 0 Å². The third kappa shape index (κ3) is 2.05. The predicted molar refractivity (Wildman–Crippen MR) is 74.3 cm³/mol. The summed E-state index contributed by atoms with van der Waals surface area (Å²) in [6.45, 7) is 4.40. The molecule has 1 aliphatic heterocycles. The van der Waals surface area contributed by atoms with Crippen molar-refractivity contribution in [3.63, 3.8) is 0 Å². The van der Waals surface area contributed by atoms with E-state index < -0.39 is 0 Å². The van der Waals surface area contributed by atoms with Gasteiger partial charge in [0.2, 0.25) is 11.8 Å². The number of rotatable bonds is 2. The topological polar surface area (TPSA) is 50.3 Å². The molecule has 2 heterocycles. The van der Waals surface area contributed by atoms with Gasteiger partial charge in [-0.05, 0) is 30.9 Å². The Labute approximate surface area is 118 Å². The number of fused-ring (bicyclic) bond motifs is 1. The lowest BCUT2D eigenvalue weighted by atomic mass is 9.76. The van der Waals surface area contributed by atoms with Crippen LogP contribution in [-0.4, -0.2) is 21.7 Å². The van der Waals surface area contributed by atoms with Gasteiger partial charge in [-0.25, -0.2) is 0 Å². The second-order valence-corrected chi connectivity index (χ2v) is 5.83. The van der Waals surface area contributed by atoms with Crippen molar-refractivity contribution in [3.05, 3.63) is 41.7 Å². The maximum atomic E-state index is 12.5. The third-order valence-corrected chi connectivity index (χ3v) is 4.29. The largest absolute Gasteiger partial charge is 0.278 e. The van der Waals surface area contributed by atoms with Gasteiger partial charge in [0.15, 0.2) is 0 Å². The molecule has 2 amide bonds. The predicted octanol–water partition coefficient (Wildman–Crippen LogP) is 2.17. The Balaban J connectivity index is 1.86. The molecule has 20 heavy (non-hydrogen) atoms. The maximum absolute atomic E-state index is 12.5. The van der Waals surface area contributed by atoms with Gasteiger partial charge in [-0.2, -0.15) is 0 Å². The Morgan fingerprint density at radius 3 is 2.85 bits per heavy atom. The van der Waals surface area contributed by atoms with E-state index in [0.29, 0.717) is 13.0 Å². The van der Waals surface area contributed by atoms with Gasteiger partial charge in [-0.1, -0.05) is 24.6 Å². The molecular formula is C16H18N2O2. The molecule has 1 fully saturated rings. The first-order chi connectivity index (χ1) is 9.58. The van der Waals surface area contributed by atoms with Gasteiger partial charge in [-0.3, -0.25) is 19.5 Å². The second-order valence-electron chi connectivity index (χ2n) is 5.83. The summed E-state index contributed by atoms with van der Waals surface area (Å²) in [5, 5.41) is 0. The average Bonchev–Trinajstić information content (AvgIpc) is 2.65. The van der Waals surface area contributed by atoms with Crippen molar-refractivity contribution in [2.24, 2.45) is 17.8 Å². The summed E-state index contributed by atoms with van der Waals surface area (Å²) >= 11 is 0. The van der Waals surface area contributed by atoms with Crippen LogP contribution in [0.15, 0.2) is 36.2 Å². The monoisotopic (exact) mass is 270 g/mol. The molecule has 0 bridgehead atoms. The SMILES string of the molecule is CC1=C[C@H](C)[C@H]2C(=O)N(Cc3cccnc3)C(=O)[C@@H]2C1. The highest BCUT2D eigenvalue weighted by Crippen LogP contribution is 2.41. The first kappa shape index (κ1) is 13.0. The van der Waals surface area contributed by atoms with Gasteiger partial charge in [0.05, 0.1) is 18.4 Å². The van der Waals surface area contributed by atoms with Crippen molar-refractivity contribution < 1.29 is 9.59 Å². The first-order valence-electron chi connectivity index (χ1n) is 6.99. The van der Waals surface area contributed by atoms with Crippen LogP contribution in [0, 0.1) is 17.8 Å². The number of pyridine rings is 1. The van der Waals surface area contributed by atoms with E-state index in [1.54, 1.807) is 12.4 Å². The summed E-state index contributed by atoms with van der Waals surface area (Å²) in [5.41, 5.74) is 2.10. The van der Waals surface area contributed by atoms with Crippen molar-refractivity contribution in [3.8, 4) is 0 Å². The fraction of sp³-hybridized carbons (Fsp3) is 0.438. The molecule has 1 aromatic heterocycles. The molecule has 2 aliphatic rings. The summed E-state index contributed by atoms with van der Waals surface area (Å²) in [6.07, 6.45) is 6.23. The average molecular weight is 270 g/mol. The quantitative estimate of drug-likeness (QED) is 0.611. The summed E-state index contributed by atoms with van der Waals surface area (Å²) < 4.78 is 0. The molecule has 1 saturated heterocycles. The number of amides is 2. The zero-order valence-electron chi connectivity index (χ0n) is 11.7. The van der Waals surface area contributed by atoms with E-state index in [9.17, 15) is 9.59 Å². The van der Waals surface area contributed by atoms with Crippen molar-refractivity contribution in [1.82, 2.24) is 9.88 Å². The minimum atomic E-state index is -0.178. The summed E-state index contributed by atoms with van der Waals surface area (Å²) in [5.74, 6) is -0.255. The Morgan fingerprint density at radius 1 is 1.35 bits per heavy atom. The molecule has 0 aromatic carbocycles. The Bertz CT molecular complexity index is 579. The smallest absolute Gasteiger partial charge is 0.234 e. The van der Waals surface area contributed by atoms with E-state index in [0.717, 1.165) is 5.56 Å². The van der Waals surface area contributed by atoms with Crippen molar-refractivity contribution in [2.45, 2.75) is 26.8 Å². The van der Waals surface area contributed by atoms with Crippen LogP contribution in [0.1, 0.15) is 25.8 Å². The van der Waals surface area contributed by atoms with Gasteiger partial charge in [0.1, 0.15) is 0 Å². The molecule has 0 radical (unpaired) electrons. The molecule has 4 nitrogen and oxygen atoms in total. The van der Waals surface area contributed by atoms with Gasteiger partial charge in [0.25, 0.3) is 0 Å².